The number of hydrogen-bond donors (Lipinski definition) is 0. The van der Waals surface area contributed by atoms with Crippen LogP contribution in [-0.2, 0) is 10.0 Å². The first-order valence-electron chi connectivity index (χ1n) is 6.26. The lowest BCUT2D eigenvalue weighted by Gasteiger charge is -2.39. The fourth-order valence-electron chi connectivity index (χ4n) is 2.82. The van der Waals surface area contributed by atoms with Crippen LogP contribution < -0.4 is 0 Å². The van der Waals surface area contributed by atoms with Gasteiger partial charge in [-0.25, -0.2) is 12.7 Å². The Hall–Kier alpha value is -0.130. The van der Waals surface area contributed by atoms with Gasteiger partial charge in [0, 0.05) is 19.1 Å². The molecule has 5 heteroatoms. The van der Waals surface area contributed by atoms with Crippen molar-refractivity contribution >= 4 is 10.0 Å². The molecule has 0 amide bonds. The molecule has 0 radical (unpaired) electrons. The molecule has 4 nitrogen and oxygen atoms in total. The summed E-state index contributed by atoms with van der Waals surface area (Å²) in [5, 5.41) is 0. The van der Waals surface area contributed by atoms with Crippen molar-refractivity contribution in [3.05, 3.63) is 0 Å². The van der Waals surface area contributed by atoms with Crippen LogP contribution in [0, 0.1) is 0 Å². The van der Waals surface area contributed by atoms with Gasteiger partial charge in [0.1, 0.15) is 0 Å². The Morgan fingerprint density at radius 2 is 1.50 bits per heavy atom. The Morgan fingerprint density at radius 3 is 2.00 bits per heavy atom. The lowest BCUT2D eigenvalue weighted by Crippen LogP contribution is -2.47. The molecule has 2 saturated heterocycles. The summed E-state index contributed by atoms with van der Waals surface area (Å²) in [6, 6.07) is 0.623. The molecule has 0 aromatic heterocycles. The fraction of sp³-hybridized carbons (Fsp3) is 1.00. The second-order valence-corrected chi connectivity index (χ2v) is 6.97. The van der Waals surface area contributed by atoms with Crippen molar-refractivity contribution in [1.29, 1.82) is 0 Å². The van der Waals surface area contributed by atoms with E-state index in [9.17, 15) is 8.42 Å². The number of sulfonamides is 1. The zero-order valence-electron chi connectivity index (χ0n) is 10.1. The standard InChI is InChI=1S/C11H22N2O2S/c1-16(14,15)13-9-5-11(6-10-13)12-7-3-2-4-8-12/h11H,2-10H2,1H3. The van der Waals surface area contributed by atoms with Crippen LogP contribution in [0.1, 0.15) is 32.1 Å². The van der Waals surface area contributed by atoms with Gasteiger partial charge in [-0.1, -0.05) is 6.42 Å². The molecule has 2 aliphatic rings. The summed E-state index contributed by atoms with van der Waals surface area (Å²) in [7, 11) is -2.97. The minimum atomic E-state index is -2.97. The van der Waals surface area contributed by atoms with Crippen LogP contribution in [0.2, 0.25) is 0 Å². The zero-order chi connectivity index (χ0) is 11.6. The summed E-state index contributed by atoms with van der Waals surface area (Å²) in [6.07, 6.45) is 7.31. The molecule has 0 N–H and O–H groups in total. The first-order valence-corrected chi connectivity index (χ1v) is 8.11. The van der Waals surface area contributed by atoms with Crippen molar-refractivity contribution < 1.29 is 8.42 Å². The molecule has 2 rings (SSSR count). The average molecular weight is 246 g/mol. The summed E-state index contributed by atoms with van der Waals surface area (Å²) < 4.78 is 24.4. The topological polar surface area (TPSA) is 40.6 Å². The van der Waals surface area contributed by atoms with Crippen LogP contribution in [0.3, 0.4) is 0 Å². The van der Waals surface area contributed by atoms with Gasteiger partial charge in [-0.3, -0.25) is 0 Å². The Kier molecular flexibility index (Phi) is 3.87. The highest BCUT2D eigenvalue weighted by molar-refractivity contribution is 7.88. The SMILES string of the molecule is CS(=O)(=O)N1CCC(N2CCCCC2)CC1. The maximum Gasteiger partial charge on any atom is 0.211 e. The van der Waals surface area contributed by atoms with Crippen LogP contribution in [-0.4, -0.2) is 56.1 Å². The van der Waals surface area contributed by atoms with Gasteiger partial charge in [0.05, 0.1) is 6.26 Å². The third-order valence-electron chi connectivity index (χ3n) is 3.80. The van der Waals surface area contributed by atoms with E-state index >= 15 is 0 Å². The van der Waals surface area contributed by atoms with Gasteiger partial charge in [0.2, 0.25) is 10.0 Å². The Morgan fingerprint density at radius 1 is 0.938 bits per heavy atom. The zero-order valence-corrected chi connectivity index (χ0v) is 10.9. The molecule has 2 heterocycles. The van der Waals surface area contributed by atoms with Crippen molar-refractivity contribution in [1.82, 2.24) is 9.21 Å². The van der Waals surface area contributed by atoms with Crippen LogP contribution in [0.25, 0.3) is 0 Å². The third-order valence-corrected chi connectivity index (χ3v) is 5.10. The third kappa shape index (κ3) is 2.96. The highest BCUT2D eigenvalue weighted by Crippen LogP contribution is 2.21. The summed E-state index contributed by atoms with van der Waals surface area (Å²) >= 11 is 0. The van der Waals surface area contributed by atoms with Crippen molar-refractivity contribution in [2.75, 3.05) is 32.4 Å². The van der Waals surface area contributed by atoms with Crippen LogP contribution >= 0.6 is 0 Å². The molecular formula is C11H22N2O2S. The van der Waals surface area contributed by atoms with Crippen molar-refractivity contribution in [3.8, 4) is 0 Å². The molecule has 2 aliphatic heterocycles. The predicted molar refractivity (Wildman–Crippen MR) is 64.9 cm³/mol. The minimum Gasteiger partial charge on any atom is -0.300 e. The summed E-state index contributed by atoms with van der Waals surface area (Å²) in [4.78, 5) is 2.56. The van der Waals surface area contributed by atoms with E-state index in [1.54, 1.807) is 4.31 Å². The van der Waals surface area contributed by atoms with Crippen molar-refractivity contribution in [2.45, 2.75) is 38.1 Å². The molecule has 0 saturated carbocycles. The van der Waals surface area contributed by atoms with Crippen molar-refractivity contribution in [3.63, 3.8) is 0 Å². The monoisotopic (exact) mass is 246 g/mol. The lowest BCUT2D eigenvalue weighted by molar-refractivity contribution is 0.118. The van der Waals surface area contributed by atoms with E-state index in [-0.39, 0.29) is 0 Å². The lowest BCUT2D eigenvalue weighted by atomic mass is 10.0. The number of hydrogen-bond acceptors (Lipinski definition) is 3. The fourth-order valence-corrected chi connectivity index (χ4v) is 3.70. The van der Waals surface area contributed by atoms with Gasteiger partial charge in [0.15, 0.2) is 0 Å². The Bertz CT molecular complexity index is 315. The number of nitrogens with zero attached hydrogens (tertiary/aromatic N) is 2. The number of likely N-dealkylation sites (tertiary alicyclic amines) is 1. The van der Waals surface area contributed by atoms with E-state index in [4.69, 9.17) is 0 Å². The van der Waals surface area contributed by atoms with E-state index < -0.39 is 10.0 Å². The van der Waals surface area contributed by atoms with E-state index in [0.717, 1.165) is 12.8 Å². The normalized spacial score (nSPS) is 27.1. The van der Waals surface area contributed by atoms with Gasteiger partial charge in [0.25, 0.3) is 0 Å². The number of piperidine rings is 2. The van der Waals surface area contributed by atoms with Crippen LogP contribution in [0.5, 0.6) is 0 Å². The quantitative estimate of drug-likeness (QED) is 0.727. The largest absolute Gasteiger partial charge is 0.300 e. The molecule has 2 fully saturated rings. The van der Waals surface area contributed by atoms with Gasteiger partial charge >= 0.3 is 0 Å². The molecule has 0 aromatic rings. The smallest absolute Gasteiger partial charge is 0.211 e. The molecule has 16 heavy (non-hydrogen) atoms. The molecule has 0 atom stereocenters. The second kappa shape index (κ2) is 5.02. The molecule has 0 spiro atoms. The summed E-state index contributed by atoms with van der Waals surface area (Å²) in [5.74, 6) is 0. The highest BCUT2D eigenvalue weighted by Gasteiger charge is 2.28. The van der Waals surface area contributed by atoms with Gasteiger partial charge < -0.3 is 4.90 Å². The number of rotatable bonds is 2. The predicted octanol–water partition coefficient (Wildman–Crippen LogP) is 0.896. The summed E-state index contributed by atoms with van der Waals surface area (Å²) in [6.45, 7) is 3.84. The average Bonchev–Trinajstić information content (AvgIpc) is 2.29. The van der Waals surface area contributed by atoms with Gasteiger partial charge in [-0.15, -0.1) is 0 Å². The Labute approximate surface area is 98.7 Å². The first kappa shape index (κ1) is 12.3. The van der Waals surface area contributed by atoms with E-state index in [1.807, 2.05) is 0 Å². The maximum absolute atomic E-state index is 11.4. The van der Waals surface area contributed by atoms with Gasteiger partial charge in [-0.2, -0.15) is 0 Å². The first-order chi connectivity index (χ1) is 7.57. The molecule has 94 valence electrons. The molecule has 0 aromatic carbocycles. The molecule has 0 unspecified atom stereocenters. The molecule has 0 aliphatic carbocycles. The van der Waals surface area contributed by atoms with Crippen LogP contribution in [0.4, 0.5) is 0 Å². The van der Waals surface area contributed by atoms with E-state index in [2.05, 4.69) is 4.90 Å². The van der Waals surface area contributed by atoms with E-state index in [1.165, 1.54) is 38.6 Å². The highest BCUT2D eigenvalue weighted by atomic mass is 32.2. The van der Waals surface area contributed by atoms with Gasteiger partial charge in [-0.05, 0) is 38.8 Å². The Balaban J connectivity index is 1.85. The maximum atomic E-state index is 11.4. The second-order valence-electron chi connectivity index (χ2n) is 4.99. The summed E-state index contributed by atoms with van der Waals surface area (Å²) in [5.41, 5.74) is 0. The molecule has 0 bridgehead atoms. The minimum absolute atomic E-state index is 0.623. The van der Waals surface area contributed by atoms with Crippen molar-refractivity contribution in [2.24, 2.45) is 0 Å². The van der Waals surface area contributed by atoms with Crippen LogP contribution in [0.15, 0.2) is 0 Å². The molecular weight excluding hydrogens is 224 g/mol. The van der Waals surface area contributed by atoms with E-state index in [0.29, 0.717) is 19.1 Å².